The van der Waals surface area contributed by atoms with Crippen LogP contribution in [0.5, 0.6) is 28.7 Å². The molecule has 32 heavy (non-hydrogen) atoms. The van der Waals surface area contributed by atoms with Crippen molar-refractivity contribution in [2.75, 3.05) is 27.4 Å². The molecule has 6 nitrogen and oxygen atoms in total. The fourth-order valence-electron chi connectivity index (χ4n) is 3.44. The van der Waals surface area contributed by atoms with Gasteiger partial charge in [-0.25, -0.2) is 0 Å². The normalized spacial score (nSPS) is 12.3. The Bertz CT molecular complexity index is 1050. The van der Waals surface area contributed by atoms with Crippen molar-refractivity contribution in [2.24, 2.45) is 0 Å². The van der Waals surface area contributed by atoms with Gasteiger partial charge in [-0.1, -0.05) is 18.2 Å². The fraction of sp³-hybridized carbons (Fsp3) is 0.280. The third-order valence-electron chi connectivity index (χ3n) is 5.10. The van der Waals surface area contributed by atoms with Gasteiger partial charge in [-0.05, 0) is 69.0 Å². The number of ether oxygens (including phenoxy) is 5. The van der Waals surface area contributed by atoms with Gasteiger partial charge in [-0.2, -0.15) is 0 Å². The maximum absolute atomic E-state index is 6.09. The minimum Gasteiger partial charge on any atom is -0.497 e. The first kappa shape index (κ1) is 22.3. The highest BCUT2D eigenvalue weighted by atomic mass is 79.9. The Kier molecular flexibility index (Phi) is 7.39. The third-order valence-corrected chi connectivity index (χ3v) is 5.69. The molecule has 1 heterocycles. The molecule has 1 N–H and O–H groups in total. The highest BCUT2D eigenvalue weighted by Crippen LogP contribution is 2.38. The third kappa shape index (κ3) is 5.47. The van der Waals surface area contributed by atoms with Gasteiger partial charge < -0.3 is 29.0 Å². The number of hydrogen-bond acceptors (Lipinski definition) is 6. The van der Waals surface area contributed by atoms with Crippen LogP contribution in [0.3, 0.4) is 0 Å². The standard InChI is InChI=1S/C25H26BrNO5/c1-28-20-6-3-17(4-7-20)14-27-15-19-11-21(26)25(24(13-19)29-2)32-16-18-5-8-22-23(12-18)31-10-9-30-22/h3-8,11-13,27H,9-10,14-16H2,1-2H3. The van der Waals surface area contributed by atoms with E-state index in [-0.39, 0.29) is 0 Å². The number of fused-ring (bicyclic) bond motifs is 1. The van der Waals surface area contributed by atoms with Crippen LogP contribution in [-0.4, -0.2) is 27.4 Å². The summed E-state index contributed by atoms with van der Waals surface area (Å²) in [6.07, 6.45) is 0. The molecule has 0 radical (unpaired) electrons. The Hall–Kier alpha value is -2.90. The second-order valence-corrected chi connectivity index (χ2v) is 8.18. The molecule has 0 aromatic heterocycles. The first-order chi connectivity index (χ1) is 15.7. The lowest BCUT2D eigenvalue weighted by Crippen LogP contribution is -2.15. The average Bonchev–Trinajstić information content (AvgIpc) is 2.83. The van der Waals surface area contributed by atoms with E-state index in [0.717, 1.165) is 39.4 Å². The topological polar surface area (TPSA) is 58.2 Å². The van der Waals surface area contributed by atoms with Gasteiger partial charge in [0.2, 0.25) is 0 Å². The zero-order valence-corrected chi connectivity index (χ0v) is 19.7. The van der Waals surface area contributed by atoms with Gasteiger partial charge in [-0.15, -0.1) is 0 Å². The second-order valence-electron chi connectivity index (χ2n) is 7.33. The van der Waals surface area contributed by atoms with Crippen molar-refractivity contribution in [3.05, 3.63) is 75.8 Å². The lowest BCUT2D eigenvalue weighted by molar-refractivity contribution is 0.171. The Morgan fingerprint density at radius 3 is 2.28 bits per heavy atom. The molecule has 0 spiro atoms. The van der Waals surface area contributed by atoms with E-state index in [2.05, 4.69) is 33.4 Å². The van der Waals surface area contributed by atoms with Gasteiger partial charge >= 0.3 is 0 Å². The SMILES string of the molecule is COc1ccc(CNCc2cc(Br)c(OCc3ccc4c(c3)OCCO4)c(OC)c2)cc1. The first-order valence-electron chi connectivity index (χ1n) is 10.4. The molecule has 1 aliphatic rings. The Labute approximate surface area is 196 Å². The molecule has 0 saturated carbocycles. The molecule has 7 heteroatoms. The van der Waals surface area contributed by atoms with Crippen LogP contribution in [0.15, 0.2) is 59.1 Å². The van der Waals surface area contributed by atoms with Crippen molar-refractivity contribution in [3.8, 4) is 28.7 Å². The van der Waals surface area contributed by atoms with E-state index in [0.29, 0.717) is 37.9 Å². The molecule has 0 amide bonds. The van der Waals surface area contributed by atoms with Crippen LogP contribution in [-0.2, 0) is 19.7 Å². The number of hydrogen-bond donors (Lipinski definition) is 1. The van der Waals surface area contributed by atoms with Crippen LogP contribution < -0.4 is 29.0 Å². The summed E-state index contributed by atoms with van der Waals surface area (Å²) < 4.78 is 29.0. The van der Waals surface area contributed by atoms with Crippen molar-refractivity contribution in [2.45, 2.75) is 19.7 Å². The molecule has 1 aliphatic heterocycles. The zero-order valence-electron chi connectivity index (χ0n) is 18.2. The monoisotopic (exact) mass is 499 g/mol. The van der Waals surface area contributed by atoms with E-state index >= 15 is 0 Å². The van der Waals surface area contributed by atoms with Crippen LogP contribution in [0.1, 0.15) is 16.7 Å². The molecule has 168 valence electrons. The van der Waals surface area contributed by atoms with Crippen molar-refractivity contribution in [3.63, 3.8) is 0 Å². The summed E-state index contributed by atoms with van der Waals surface area (Å²) in [5.41, 5.74) is 3.28. The lowest BCUT2D eigenvalue weighted by Gasteiger charge is -2.19. The van der Waals surface area contributed by atoms with Gasteiger partial charge in [0.05, 0.1) is 18.7 Å². The fourth-order valence-corrected chi connectivity index (χ4v) is 4.05. The smallest absolute Gasteiger partial charge is 0.175 e. The largest absolute Gasteiger partial charge is 0.497 e. The van der Waals surface area contributed by atoms with Gasteiger partial charge in [0, 0.05) is 13.1 Å². The molecular weight excluding hydrogens is 474 g/mol. The number of halogens is 1. The Balaban J connectivity index is 1.38. The van der Waals surface area contributed by atoms with Gasteiger partial charge in [0.25, 0.3) is 0 Å². The quantitative estimate of drug-likeness (QED) is 0.441. The van der Waals surface area contributed by atoms with Crippen molar-refractivity contribution >= 4 is 15.9 Å². The summed E-state index contributed by atoms with van der Waals surface area (Å²) in [5, 5.41) is 3.46. The molecule has 0 aliphatic carbocycles. The summed E-state index contributed by atoms with van der Waals surface area (Å²) in [6, 6.07) is 17.9. The Morgan fingerprint density at radius 2 is 1.53 bits per heavy atom. The van der Waals surface area contributed by atoms with Crippen molar-refractivity contribution in [1.29, 1.82) is 0 Å². The minimum absolute atomic E-state index is 0.390. The van der Waals surface area contributed by atoms with Crippen LogP contribution in [0.2, 0.25) is 0 Å². The predicted molar refractivity (Wildman–Crippen MR) is 126 cm³/mol. The maximum atomic E-state index is 6.09. The molecule has 3 aromatic carbocycles. The number of methoxy groups -OCH3 is 2. The van der Waals surface area contributed by atoms with E-state index in [9.17, 15) is 0 Å². The van der Waals surface area contributed by atoms with Gasteiger partial charge in [-0.3, -0.25) is 0 Å². The lowest BCUT2D eigenvalue weighted by atomic mass is 10.1. The summed E-state index contributed by atoms with van der Waals surface area (Å²) in [6.45, 7) is 2.98. The zero-order chi connectivity index (χ0) is 22.3. The summed E-state index contributed by atoms with van der Waals surface area (Å²) >= 11 is 3.63. The maximum Gasteiger partial charge on any atom is 0.175 e. The van der Waals surface area contributed by atoms with Crippen LogP contribution in [0, 0.1) is 0 Å². The van der Waals surface area contributed by atoms with E-state index < -0.39 is 0 Å². The molecule has 0 saturated heterocycles. The number of nitrogens with one attached hydrogen (secondary N) is 1. The van der Waals surface area contributed by atoms with E-state index in [1.165, 1.54) is 5.56 Å². The minimum atomic E-state index is 0.390. The van der Waals surface area contributed by atoms with E-state index in [1.54, 1.807) is 14.2 Å². The van der Waals surface area contributed by atoms with E-state index in [4.69, 9.17) is 23.7 Å². The predicted octanol–water partition coefficient (Wildman–Crippen LogP) is 5.11. The average molecular weight is 500 g/mol. The summed E-state index contributed by atoms with van der Waals surface area (Å²) in [5.74, 6) is 3.72. The molecule has 0 unspecified atom stereocenters. The summed E-state index contributed by atoms with van der Waals surface area (Å²) in [4.78, 5) is 0. The highest BCUT2D eigenvalue weighted by Gasteiger charge is 2.15. The molecular formula is C25H26BrNO5. The van der Waals surface area contributed by atoms with Crippen molar-refractivity contribution < 1.29 is 23.7 Å². The molecule has 0 fully saturated rings. The number of benzene rings is 3. The molecule has 3 aromatic rings. The van der Waals surface area contributed by atoms with Gasteiger partial charge in [0.1, 0.15) is 25.6 Å². The highest BCUT2D eigenvalue weighted by molar-refractivity contribution is 9.10. The van der Waals surface area contributed by atoms with Crippen LogP contribution in [0.25, 0.3) is 0 Å². The van der Waals surface area contributed by atoms with Gasteiger partial charge in [0.15, 0.2) is 23.0 Å². The van der Waals surface area contributed by atoms with Crippen molar-refractivity contribution in [1.82, 2.24) is 5.32 Å². The molecule has 0 bridgehead atoms. The van der Waals surface area contributed by atoms with E-state index in [1.807, 2.05) is 42.5 Å². The van der Waals surface area contributed by atoms with Crippen LogP contribution in [0.4, 0.5) is 0 Å². The van der Waals surface area contributed by atoms with Crippen LogP contribution >= 0.6 is 15.9 Å². The summed E-state index contributed by atoms with van der Waals surface area (Å²) in [7, 11) is 3.31. The Morgan fingerprint density at radius 1 is 0.812 bits per heavy atom. The molecule has 4 rings (SSSR count). The first-order valence-corrected chi connectivity index (χ1v) is 11.2. The second kappa shape index (κ2) is 10.6. The molecule has 0 atom stereocenters. The number of rotatable bonds is 9.